The Bertz CT molecular complexity index is 686. The SMILES string of the molecule is NCc1ccc(-c2cc3ccc(Cl)cc3[nH]2)nc1. The Morgan fingerprint density at radius 3 is 2.78 bits per heavy atom. The van der Waals surface area contributed by atoms with Crippen LogP contribution >= 0.6 is 11.6 Å². The molecule has 2 aromatic heterocycles. The van der Waals surface area contributed by atoms with E-state index >= 15 is 0 Å². The molecule has 0 fully saturated rings. The monoisotopic (exact) mass is 257 g/mol. The van der Waals surface area contributed by atoms with E-state index < -0.39 is 0 Å². The number of hydrogen-bond donors (Lipinski definition) is 2. The Morgan fingerprint density at radius 2 is 2.06 bits per heavy atom. The van der Waals surface area contributed by atoms with E-state index in [0.29, 0.717) is 6.54 Å². The van der Waals surface area contributed by atoms with E-state index in [1.165, 1.54) is 0 Å². The molecule has 0 saturated carbocycles. The lowest BCUT2D eigenvalue weighted by Gasteiger charge is -1.98. The summed E-state index contributed by atoms with van der Waals surface area (Å²) in [6.45, 7) is 0.510. The zero-order chi connectivity index (χ0) is 12.5. The summed E-state index contributed by atoms with van der Waals surface area (Å²) in [6.07, 6.45) is 1.80. The topological polar surface area (TPSA) is 54.7 Å². The van der Waals surface area contributed by atoms with Gasteiger partial charge in [0.25, 0.3) is 0 Å². The van der Waals surface area contributed by atoms with Crippen molar-refractivity contribution in [1.82, 2.24) is 9.97 Å². The quantitative estimate of drug-likeness (QED) is 0.740. The van der Waals surface area contributed by atoms with E-state index in [4.69, 9.17) is 17.3 Å². The van der Waals surface area contributed by atoms with Crippen LogP contribution in [0.5, 0.6) is 0 Å². The number of nitrogens with one attached hydrogen (secondary N) is 1. The van der Waals surface area contributed by atoms with E-state index in [1.807, 2.05) is 30.3 Å². The predicted molar refractivity (Wildman–Crippen MR) is 74.4 cm³/mol. The van der Waals surface area contributed by atoms with Gasteiger partial charge >= 0.3 is 0 Å². The number of pyridine rings is 1. The van der Waals surface area contributed by atoms with E-state index in [1.54, 1.807) is 6.20 Å². The van der Waals surface area contributed by atoms with Crippen molar-refractivity contribution in [1.29, 1.82) is 0 Å². The highest BCUT2D eigenvalue weighted by molar-refractivity contribution is 6.31. The van der Waals surface area contributed by atoms with Gasteiger partial charge in [0.1, 0.15) is 0 Å². The minimum atomic E-state index is 0.510. The highest BCUT2D eigenvalue weighted by Crippen LogP contribution is 2.25. The van der Waals surface area contributed by atoms with E-state index in [0.717, 1.165) is 32.9 Å². The van der Waals surface area contributed by atoms with Gasteiger partial charge in [-0.25, -0.2) is 0 Å². The predicted octanol–water partition coefficient (Wildman–Crippen LogP) is 3.34. The summed E-state index contributed by atoms with van der Waals surface area (Å²) in [7, 11) is 0. The molecule has 3 rings (SSSR count). The molecular weight excluding hydrogens is 246 g/mol. The van der Waals surface area contributed by atoms with Crippen LogP contribution in [0.2, 0.25) is 5.02 Å². The average molecular weight is 258 g/mol. The number of aromatic amines is 1. The van der Waals surface area contributed by atoms with Crippen molar-refractivity contribution >= 4 is 22.5 Å². The highest BCUT2D eigenvalue weighted by Gasteiger charge is 2.04. The fourth-order valence-corrected chi connectivity index (χ4v) is 2.11. The van der Waals surface area contributed by atoms with Crippen LogP contribution in [0.15, 0.2) is 42.6 Å². The van der Waals surface area contributed by atoms with Gasteiger partial charge in [0, 0.05) is 28.7 Å². The lowest BCUT2D eigenvalue weighted by molar-refractivity contribution is 1.05. The molecule has 3 aromatic rings. The van der Waals surface area contributed by atoms with Gasteiger partial charge in [-0.2, -0.15) is 0 Å². The maximum Gasteiger partial charge on any atom is 0.0864 e. The van der Waals surface area contributed by atoms with Crippen LogP contribution in [0.1, 0.15) is 5.56 Å². The van der Waals surface area contributed by atoms with E-state index in [-0.39, 0.29) is 0 Å². The molecule has 18 heavy (non-hydrogen) atoms. The fourth-order valence-electron chi connectivity index (χ4n) is 1.94. The molecule has 0 aliphatic heterocycles. The molecule has 0 aliphatic carbocycles. The number of halogens is 1. The molecule has 2 heterocycles. The normalized spacial score (nSPS) is 11.0. The molecule has 90 valence electrons. The summed E-state index contributed by atoms with van der Waals surface area (Å²) < 4.78 is 0. The van der Waals surface area contributed by atoms with Gasteiger partial charge < -0.3 is 10.7 Å². The molecule has 0 unspecified atom stereocenters. The van der Waals surface area contributed by atoms with Crippen molar-refractivity contribution in [3.8, 4) is 11.4 Å². The van der Waals surface area contributed by atoms with Crippen LogP contribution in [-0.2, 0) is 6.54 Å². The number of fused-ring (bicyclic) bond motifs is 1. The molecule has 3 N–H and O–H groups in total. The third kappa shape index (κ3) is 1.98. The number of nitrogens with two attached hydrogens (primary N) is 1. The summed E-state index contributed by atoms with van der Waals surface area (Å²) in [5.74, 6) is 0. The minimum absolute atomic E-state index is 0.510. The molecule has 0 amide bonds. The summed E-state index contributed by atoms with van der Waals surface area (Å²) in [4.78, 5) is 7.71. The van der Waals surface area contributed by atoms with Gasteiger partial charge in [-0.3, -0.25) is 4.98 Å². The standard InChI is InChI=1S/C14H12ClN3/c15-11-3-2-10-5-14(18-13(10)6-11)12-4-1-9(7-16)8-17-12/h1-6,8,18H,7,16H2. The first-order valence-corrected chi connectivity index (χ1v) is 6.08. The molecule has 0 spiro atoms. The Labute approximate surface area is 110 Å². The van der Waals surface area contributed by atoms with Gasteiger partial charge in [-0.1, -0.05) is 23.7 Å². The second kappa shape index (κ2) is 4.44. The zero-order valence-corrected chi connectivity index (χ0v) is 10.4. The van der Waals surface area contributed by atoms with Gasteiger partial charge in [0.05, 0.1) is 11.4 Å². The van der Waals surface area contributed by atoms with Crippen molar-refractivity contribution in [3.05, 3.63) is 53.2 Å². The molecule has 1 aromatic carbocycles. The van der Waals surface area contributed by atoms with Crippen LogP contribution in [0, 0.1) is 0 Å². The molecule has 0 bridgehead atoms. The van der Waals surface area contributed by atoms with Crippen LogP contribution in [0.3, 0.4) is 0 Å². The first-order valence-electron chi connectivity index (χ1n) is 5.70. The average Bonchev–Trinajstić information content (AvgIpc) is 2.81. The maximum atomic E-state index is 5.96. The lowest BCUT2D eigenvalue weighted by Crippen LogP contribution is -1.96. The first-order chi connectivity index (χ1) is 8.76. The van der Waals surface area contributed by atoms with Gasteiger partial charge in [-0.05, 0) is 29.8 Å². The first kappa shape index (κ1) is 11.3. The number of H-pyrrole nitrogens is 1. The fraction of sp³-hybridized carbons (Fsp3) is 0.0714. The highest BCUT2D eigenvalue weighted by atomic mass is 35.5. The summed E-state index contributed by atoms with van der Waals surface area (Å²) >= 11 is 5.96. The number of hydrogen-bond acceptors (Lipinski definition) is 2. The third-order valence-corrected chi connectivity index (χ3v) is 3.16. The van der Waals surface area contributed by atoms with Gasteiger partial charge in [0.2, 0.25) is 0 Å². The van der Waals surface area contributed by atoms with Gasteiger partial charge in [0.15, 0.2) is 0 Å². The molecule has 0 atom stereocenters. The molecule has 0 saturated heterocycles. The van der Waals surface area contributed by atoms with Crippen LogP contribution < -0.4 is 5.73 Å². The number of aromatic nitrogens is 2. The third-order valence-electron chi connectivity index (χ3n) is 2.92. The Kier molecular flexibility index (Phi) is 2.78. The van der Waals surface area contributed by atoms with E-state index in [9.17, 15) is 0 Å². The molecule has 3 nitrogen and oxygen atoms in total. The van der Waals surface area contributed by atoms with Crippen LogP contribution in [0.25, 0.3) is 22.3 Å². The number of benzene rings is 1. The summed E-state index contributed by atoms with van der Waals surface area (Å²) in [6, 6.07) is 11.8. The second-order valence-corrected chi connectivity index (χ2v) is 4.61. The lowest BCUT2D eigenvalue weighted by atomic mass is 10.2. The minimum Gasteiger partial charge on any atom is -0.353 e. The molecular formula is C14H12ClN3. The molecule has 4 heteroatoms. The number of rotatable bonds is 2. The summed E-state index contributed by atoms with van der Waals surface area (Å²) in [5, 5.41) is 1.85. The molecule has 0 radical (unpaired) electrons. The van der Waals surface area contributed by atoms with Crippen molar-refractivity contribution in [2.24, 2.45) is 5.73 Å². The van der Waals surface area contributed by atoms with E-state index in [2.05, 4.69) is 16.0 Å². The Hall–Kier alpha value is -1.84. The Morgan fingerprint density at radius 1 is 1.17 bits per heavy atom. The number of nitrogens with zero attached hydrogens (tertiary/aromatic N) is 1. The second-order valence-electron chi connectivity index (χ2n) is 4.17. The largest absolute Gasteiger partial charge is 0.353 e. The van der Waals surface area contributed by atoms with Crippen LogP contribution in [0.4, 0.5) is 0 Å². The van der Waals surface area contributed by atoms with Crippen molar-refractivity contribution in [3.63, 3.8) is 0 Å². The van der Waals surface area contributed by atoms with Crippen molar-refractivity contribution in [2.75, 3.05) is 0 Å². The van der Waals surface area contributed by atoms with Crippen LogP contribution in [-0.4, -0.2) is 9.97 Å². The molecule has 0 aliphatic rings. The zero-order valence-electron chi connectivity index (χ0n) is 9.65. The maximum absolute atomic E-state index is 5.96. The van der Waals surface area contributed by atoms with Crippen molar-refractivity contribution in [2.45, 2.75) is 6.54 Å². The summed E-state index contributed by atoms with van der Waals surface area (Å²) in [5.41, 5.74) is 9.48. The smallest absolute Gasteiger partial charge is 0.0864 e. The van der Waals surface area contributed by atoms with Crippen molar-refractivity contribution < 1.29 is 0 Å². The van der Waals surface area contributed by atoms with Gasteiger partial charge in [-0.15, -0.1) is 0 Å². The Balaban J connectivity index is 2.07.